The van der Waals surface area contributed by atoms with Crippen molar-refractivity contribution in [1.29, 1.82) is 0 Å². The van der Waals surface area contributed by atoms with Gasteiger partial charge in [-0.1, -0.05) is 13.3 Å². The molecular weight excluding hydrogens is 224 g/mol. The molecule has 1 saturated heterocycles. The highest BCUT2D eigenvalue weighted by atomic mass is 16.5. The molecule has 4 N–H and O–H groups in total. The van der Waals surface area contributed by atoms with Gasteiger partial charge < -0.3 is 20.9 Å². The lowest BCUT2D eigenvalue weighted by Gasteiger charge is -2.34. The van der Waals surface area contributed by atoms with Crippen LogP contribution < -0.4 is 11.1 Å². The average Bonchev–Trinajstić information content (AvgIpc) is 2.30. The third-order valence-electron chi connectivity index (χ3n) is 3.05. The molecule has 1 aliphatic rings. The summed E-state index contributed by atoms with van der Waals surface area (Å²) in [6, 6.07) is -0.640. The summed E-state index contributed by atoms with van der Waals surface area (Å²) in [6.45, 7) is 2.61. The van der Waals surface area contributed by atoms with E-state index in [2.05, 4.69) is 5.32 Å². The minimum absolute atomic E-state index is 0.285. The first kappa shape index (κ1) is 13.9. The first-order valence-electron chi connectivity index (χ1n) is 5.90. The van der Waals surface area contributed by atoms with E-state index in [1.807, 2.05) is 6.92 Å². The molecule has 1 fully saturated rings. The van der Waals surface area contributed by atoms with E-state index in [4.69, 9.17) is 10.5 Å². The van der Waals surface area contributed by atoms with E-state index >= 15 is 0 Å². The van der Waals surface area contributed by atoms with Gasteiger partial charge in [0.2, 0.25) is 5.91 Å². The highest BCUT2D eigenvalue weighted by Gasteiger charge is 2.42. The first-order chi connectivity index (χ1) is 8.02. The molecular formula is C11H20N2O4. The van der Waals surface area contributed by atoms with Crippen LogP contribution in [0.15, 0.2) is 0 Å². The first-order valence-corrected chi connectivity index (χ1v) is 5.90. The van der Waals surface area contributed by atoms with Gasteiger partial charge in [0.1, 0.15) is 5.54 Å². The number of carbonyl (C=O) groups is 2. The van der Waals surface area contributed by atoms with E-state index in [0.29, 0.717) is 19.6 Å². The van der Waals surface area contributed by atoms with Crippen LogP contribution >= 0.6 is 0 Å². The SMILES string of the molecule is CCC[C@H](N)C(=O)NC1(C(=O)O)CCOCC1. The maximum absolute atomic E-state index is 11.8. The van der Waals surface area contributed by atoms with E-state index < -0.39 is 23.5 Å². The van der Waals surface area contributed by atoms with Gasteiger partial charge in [0.05, 0.1) is 6.04 Å². The van der Waals surface area contributed by atoms with Crippen molar-refractivity contribution < 1.29 is 19.4 Å². The Morgan fingerprint density at radius 1 is 1.47 bits per heavy atom. The van der Waals surface area contributed by atoms with Gasteiger partial charge in [0.15, 0.2) is 0 Å². The minimum atomic E-state index is -1.21. The molecule has 1 rings (SSSR count). The summed E-state index contributed by atoms with van der Waals surface area (Å²) in [5.74, 6) is -1.41. The Hall–Kier alpha value is -1.14. The zero-order chi connectivity index (χ0) is 12.9. The quantitative estimate of drug-likeness (QED) is 0.625. The van der Waals surface area contributed by atoms with Crippen molar-refractivity contribution in [3.05, 3.63) is 0 Å². The molecule has 0 spiro atoms. The van der Waals surface area contributed by atoms with Crippen molar-refractivity contribution in [2.75, 3.05) is 13.2 Å². The van der Waals surface area contributed by atoms with Crippen molar-refractivity contribution in [2.24, 2.45) is 5.73 Å². The van der Waals surface area contributed by atoms with Crippen molar-refractivity contribution >= 4 is 11.9 Å². The largest absolute Gasteiger partial charge is 0.480 e. The van der Waals surface area contributed by atoms with Crippen LogP contribution in [0.2, 0.25) is 0 Å². The lowest BCUT2D eigenvalue weighted by molar-refractivity contribution is -0.152. The fourth-order valence-corrected chi connectivity index (χ4v) is 1.88. The normalized spacial score (nSPS) is 20.6. The van der Waals surface area contributed by atoms with Crippen LogP contribution in [-0.2, 0) is 14.3 Å². The summed E-state index contributed by atoms with van der Waals surface area (Å²) in [4.78, 5) is 23.1. The molecule has 0 bridgehead atoms. The second kappa shape index (κ2) is 5.97. The van der Waals surface area contributed by atoms with Gasteiger partial charge in [-0.05, 0) is 6.42 Å². The number of ether oxygens (including phenoxy) is 1. The molecule has 0 aromatic rings. The summed E-state index contributed by atoms with van der Waals surface area (Å²) in [6.07, 6.45) is 1.91. The molecule has 6 nitrogen and oxygen atoms in total. The highest BCUT2D eigenvalue weighted by molar-refractivity contribution is 5.89. The van der Waals surface area contributed by atoms with E-state index in [1.165, 1.54) is 0 Å². The smallest absolute Gasteiger partial charge is 0.329 e. The van der Waals surface area contributed by atoms with Crippen LogP contribution in [0.4, 0.5) is 0 Å². The third kappa shape index (κ3) is 3.41. The number of hydrogen-bond acceptors (Lipinski definition) is 4. The molecule has 6 heteroatoms. The van der Waals surface area contributed by atoms with Gasteiger partial charge >= 0.3 is 5.97 Å². The molecule has 0 aliphatic carbocycles. The van der Waals surface area contributed by atoms with Crippen molar-refractivity contribution in [3.63, 3.8) is 0 Å². The summed E-state index contributed by atoms with van der Waals surface area (Å²) >= 11 is 0. The predicted molar refractivity (Wildman–Crippen MR) is 61.4 cm³/mol. The van der Waals surface area contributed by atoms with E-state index in [0.717, 1.165) is 6.42 Å². The number of aliphatic carboxylic acids is 1. The Bertz CT molecular complexity index is 287. The van der Waals surface area contributed by atoms with Gasteiger partial charge in [-0.2, -0.15) is 0 Å². The maximum Gasteiger partial charge on any atom is 0.329 e. The summed E-state index contributed by atoms with van der Waals surface area (Å²) < 4.78 is 5.12. The maximum atomic E-state index is 11.8. The molecule has 1 aliphatic heterocycles. The number of carboxylic acid groups (broad SMARTS) is 1. The number of amides is 1. The topological polar surface area (TPSA) is 102 Å². The number of nitrogens with one attached hydrogen (secondary N) is 1. The van der Waals surface area contributed by atoms with Gasteiger partial charge in [0, 0.05) is 26.1 Å². The number of nitrogens with two attached hydrogens (primary N) is 1. The van der Waals surface area contributed by atoms with Crippen LogP contribution in [-0.4, -0.2) is 41.8 Å². The van der Waals surface area contributed by atoms with Crippen LogP contribution in [0.25, 0.3) is 0 Å². The molecule has 17 heavy (non-hydrogen) atoms. The summed E-state index contributed by atoms with van der Waals surface area (Å²) in [7, 11) is 0. The Morgan fingerprint density at radius 3 is 2.53 bits per heavy atom. The Balaban J connectivity index is 2.66. The van der Waals surface area contributed by atoms with Crippen molar-refractivity contribution in [1.82, 2.24) is 5.32 Å². The Morgan fingerprint density at radius 2 is 2.06 bits per heavy atom. The number of carboxylic acids is 1. The van der Waals surface area contributed by atoms with Crippen LogP contribution in [0.1, 0.15) is 32.6 Å². The van der Waals surface area contributed by atoms with Gasteiger partial charge in [-0.25, -0.2) is 4.79 Å². The predicted octanol–water partition coefficient (Wildman–Crippen LogP) is -0.136. The molecule has 1 amide bonds. The summed E-state index contributed by atoms with van der Waals surface area (Å²) in [5, 5.41) is 11.8. The van der Waals surface area contributed by atoms with E-state index in [-0.39, 0.29) is 12.8 Å². The third-order valence-corrected chi connectivity index (χ3v) is 3.05. The Kier molecular flexibility index (Phi) is 4.89. The second-order valence-electron chi connectivity index (χ2n) is 4.38. The van der Waals surface area contributed by atoms with Gasteiger partial charge in [-0.15, -0.1) is 0 Å². The zero-order valence-electron chi connectivity index (χ0n) is 10.1. The fourth-order valence-electron chi connectivity index (χ4n) is 1.88. The second-order valence-corrected chi connectivity index (χ2v) is 4.38. The van der Waals surface area contributed by atoms with Crippen LogP contribution in [0.5, 0.6) is 0 Å². The van der Waals surface area contributed by atoms with Crippen LogP contribution in [0.3, 0.4) is 0 Å². The highest BCUT2D eigenvalue weighted by Crippen LogP contribution is 2.21. The minimum Gasteiger partial charge on any atom is -0.480 e. The molecule has 1 atom stereocenters. The number of rotatable bonds is 5. The van der Waals surface area contributed by atoms with Crippen molar-refractivity contribution in [3.8, 4) is 0 Å². The molecule has 0 aromatic heterocycles. The average molecular weight is 244 g/mol. The number of hydrogen-bond donors (Lipinski definition) is 3. The molecule has 98 valence electrons. The van der Waals surface area contributed by atoms with Gasteiger partial charge in [0.25, 0.3) is 0 Å². The molecule has 0 saturated carbocycles. The molecule has 0 radical (unpaired) electrons. The van der Waals surface area contributed by atoms with E-state index in [9.17, 15) is 14.7 Å². The fraction of sp³-hybridized carbons (Fsp3) is 0.818. The lowest BCUT2D eigenvalue weighted by atomic mass is 9.89. The monoisotopic (exact) mass is 244 g/mol. The molecule has 1 heterocycles. The summed E-state index contributed by atoms with van der Waals surface area (Å²) in [5.41, 5.74) is 4.46. The molecule has 0 unspecified atom stereocenters. The zero-order valence-corrected chi connectivity index (χ0v) is 10.1. The van der Waals surface area contributed by atoms with Crippen molar-refractivity contribution in [2.45, 2.75) is 44.2 Å². The molecule has 0 aromatic carbocycles. The van der Waals surface area contributed by atoms with Gasteiger partial charge in [-0.3, -0.25) is 4.79 Å². The van der Waals surface area contributed by atoms with Crippen LogP contribution in [0, 0.1) is 0 Å². The van der Waals surface area contributed by atoms with E-state index in [1.54, 1.807) is 0 Å². The Labute approximate surface area is 101 Å². The lowest BCUT2D eigenvalue weighted by Crippen LogP contribution is -2.60. The number of carbonyl (C=O) groups excluding carboxylic acids is 1. The standard InChI is InChI=1S/C11H20N2O4/c1-2-3-8(12)9(14)13-11(10(15)16)4-6-17-7-5-11/h8H,2-7,12H2,1H3,(H,13,14)(H,15,16)/t8-/m0/s1.